The van der Waals surface area contributed by atoms with Crippen LogP contribution in [-0.4, -0.2) is 17.6 Å². The van der Waals surface area contributed by atoms with E-state index in [1.165, 1.54) is 0 Å². The van der Waals surface area contributed by atoms with Crippen LogP contribution >= 0.6 is 0 Å². The molecule has 2 rings (SSSR count). The van der Waals surface area contributed by atoms with E-state index in [1.54, 1.807) is 6.07 Å². The van der Waals surface area contributed by atoms with Crippen LogP contribution in [0.3, 0.4) is 0 Å². The fourth-order valence-corrected chi connectivity index (χ4v) is 3.01. The van der Waals surface area contributed by atoms with E-state index in [-0.39, 0.29) is 11.8 Å². The molecule has 1 aliphatic rings. The summed E-state index contributed by atoms with van der Waals surface area (Å²) < 4.78 is 0. The predicted molar refractivity (Wildman–Crippen MR) is 77.5 cm³/mol. The average molecular weight is 272 g/mol. The number of aliphatic carboxylic acids is 1. The summed E-state index contributed by atoms with van der Waals surface area (Å²) in [5.74, 6) is -0.806. The summed E-state index contributed by atoms with van der Waals surface area (Å²) >= 11 is 0. The van der Waals surface area contributed by atoms with Gasteiger partial charge in [0.25, 0.3) is 0 Å². The normalized spacial score (nSPS) is 22.0. The quantitative estimate of drug-likeness (QED) is 0.883. The van der Waals surface area contributed by atoms with Gasteiger partial charge in [-0.1, -0.05) is 25.0 Å². The van der Waals surface area contributed by atoms with Gasteiger partial charge >= 0.3 is 5.97 Å². The second-order valence-corrected chi connectivity index (χ2v) is 5.48. The maximum absolute atomic E-state index is 11.3. The van der Waals surface area contributed by atoms with Gasteiger partial charge < -0.3 is 10.4 Å². The molecule has 2 N–H and O–H groups in total. The number of benzene rings is 1. The van der Waals surface area contributed by atoms with Crippen molar-refractivity contribution in [2.45, 2.75) is 32.6 Å². The molecule has 2 atom stereocenters. The molecule has 0 bridgehead atoms. The third-order valence-corrected chi connectivity index (χ3v) is 4.16. The van der Waals surface area contributed by atoms with Crippen molar-refractivity contribution in [3.05, 3.63) is 29.3 Å². The molecule has 1 aromatic rings. The summed E-state index contributed by atoms with van der Waals surface area (Å²) in [6.07, 6.45) is 3.80. The number of hydrogen-bond donors (Lipinski definition) is 2. The fraction of sp³-hybridized carbons (Fsp3) is 0.500. The van der Waals surface area contributed by atoms with Crippen LogP contribution in [0.2, 0.25) is 0 Å². The first-order valence-corrected chi connectivity index (χ1v) is 7.10. The summed E-state index contributed by atoms with van der Waals surface area (Å²) in [5.41, 5.74) is 2.48. The van der Waals surface area contributed by atoms with Crippen LogP contribution in [0.1, 0.15) is 36.8 Å². The molecule has 4 heteroatoms. The summed E-state index contributed by atoms with van der Waals surface area (Å²) in [6, 6.07) is 7.78. The zero-order chi connectivity index (χ0) is 14.5. The molecule has 20 heavy (non-hydrogen) atoms. The molecule has 4 nitrogen and oxygen atoms in total. The topological polar surface area (TPSA) is 73.1 Å². The second-order valence-electron chi connectivity index (χ2n) is 5.48. The van der Waals surface area contributed by atoms with Crippen molar-refractivity contribution in [2.24, 2.45) is 11.8 Å². The second kappa shape index (κ2) is 6.42. The highest BCUT2D eigenvalue weighted by Gasteiger charge is 2.30. The van der Waals surface area contributed by atoms with E-state index >= 15 is 0 Å². The van der Waals surface area contributed by atoms with Gasteiger partial charge in [-0.2, -0.15) is 5.26 Å². The number of aryl methyl sites for hydroxylation is 1. The Kier molecular flexibility index (Phi) is 4.62. The van der Waals surface area contributed by atoms with E-state index in [0.29, 0.717) is 12.1 Å². The molecule has 0 spiro atoms. The Morgan fingerprint density at radius 2 is 2.20 bits per heavy atom. The highest BCUT2D eigenvalue weighted by molar-refractivity contribution is 5.70. The van der Waals surface area contributed by atoms with Crippen molar-refractivity contribution in [3.8, 4) is 6.07 Å². The molecule has 106 valence electrons. The molecule has 0 aromatic heterocycles. The monoisotopic (exact) mass is 272 g/mol. The molecule has 1 aliphatic carbocycles. The first-order valence-electron chi connectivity index (χ1n) is 7.10. The Morgan fingerprint density at radius 1 is 1.45 bits per heavy atom. The van der Waals surface area contributed by atoms with Gasteiger partial charge in [0.1, 0.15) is 6.07 Å². The smallest absolute Gasteiger partial charge is 0.306 e. The number of nitriles is 1. The van der Waals surface area contributed by atoms with Crippen LogP contribution in [-0.2, 0) is 4.79 Å². The van der Waals surface area contributed by atoms with Crippen LogP contribution in [0.25, 0.3) is 0 Å². The van der Waals surface area contributed by atoms with Gasteiger partial charge in [0, 0.05) is 6.54 Å². The third kappa shape index (κ3) is 3.11. The van der Waals surface area contributed by atoms with E-state index in [9.17, 15) is 9.90 Å². The number of carbonyl (C=O) groups is 1. The van der Waals surface area contributed by atoms with Crippen molar-refractivity contribution in [1.82, 2.24) is 0 Å². The minimum Gasteiger partial charge on any atom is -0.481 e. The number of nitrogens with zero attached hydrogens (tertiary/aromatic N) is 1. The fourth-order valence-electron chi connectivity index (χ4n) is 3.01. The molecule has 0 heterocycles. The highest BCUT2D eigenvalue weighted by atomic mass is 16.4. The summed E-state index contributed by atoms with van der Waals surface area (Å²) in [6.45, 7) is 2.58. The number of carboxylic acids is 1. The summed E-state index contributed by atoms with van der Waals surface area (Å²) in [7, 11) is 0. The van der Waals surface area contributed by atoms with Gasteiger partial charge in [0.2, 0.25) is 0 Å². The number of anilines is 1. The lowest BCUT2D eigenvalue weighted by atomic mass is 9.79. The third-order valence-electron chi connectivity index (χ3n) is 4.16. The van der Waals surface area contributed by atoms with Crippen LogP contribution in [0.4, 0.5) is 5.69 Å². The standard InChI is InChI=1S/C16H20N2O2/c1-11-5-4-7-12(9-17)15(11)18-10-13-6-2-3-8-14(13)16(19)20/h4-5,7,13-14,18H,2-3,6,8,10H2,1H3,(H,19,20). The van der Waals surface area contributed by atoms with Gasteiger partial charge in [-0.3, -0.25) is 4.79 Å². The van der Waals surface area contributed by atoms with Crippen LogP contribution < -0.4 is 5.32 Å². The molecule has 0 aliphatic heterocycles. The number of hydrogen-bond acceptors (Lipinski definition) is 3. The van der Waals surface area contributed by atoms with Crippen molar-refractivity contribution in [2.75, 3.05) is 11.9 Å². The zero-order valence-corrected chi connectivity index (χ0v) is 11.7. The number of carboxylic acid groups (broad SMARTS) is 1. The van der Waals surface area contributed by atoms with E-state index in [0.717, 1.165) is 36.9 Å². The van der Waals surface area contributed by atoms with E-state index in [4.69, 9.17) is 5.26 Å². The molecular formula is C16H20N2O2. The Hall–Kier alpha value is -2.02. The molecular weight excluding hydrogens is 252 g/mol. The largest absolute Gasteiger partial charge is 0.481 e. The van der Waals surface area contributed by atoms with E-state index in [2.05, 4.69) is 11.4 Å². The Labute approximate surface area is 119 Å². The van der Waals surface area contributed by atoms with Crippen molar-refractivity contribution >= 4 is 11.7 Å². The number of nitrogens with one attached hydrogen (secondary N) is 1. The van der Waals surface area contributed by atoms with Crippen molar-refractivity contribution in [1.29, 1.82) is 5.26 Å². The maximum Gasteiger partial charge on any atom is 0.306 e. The first kappa shape index (κ1) is 14.4. The van der Waals surface area contributed by atoms with Gasteiger partial charge in [0.15, 0.2) is 0 Å². The molecule has 2 unspecified atom stereocenters. The minimum absolute atomic E-state index is 0.146. The lowest BCUT2D eigenvalue weighted by molar-refractivity contribution is -0.144. The van der Waals surface area contributed by atoms with E-state index in [1.807, 2.05) is 19.1 Å². The molecule has 0 saturated heterocycles. The van der Waals surface area contributed by atoms with Gasteiger partial charge in [-0.05, 0) is 37.3 Å². The molecule has 0 radical (unpaired) electrons. The summed E-state index contributed by atoms with van der Waals surface area (Å²) in [4.78, 5) is 11.3. The number of rotatable bonds is 4. The maximum atomic E-state index is 11.3. The lowest BCUT2D eigenvalue weighted by Crippen LogP contribution is -2.32. The predicted octanol–water partition coefficient (Wildman–Crippen LogP) is 3.17. The Bertz CT molecular complexity index is 534. The van der Waals surface area contributed by atoms with Crippen LogP contribution in [0, 0.1) is 30.1 Å². The average Bonchev–Trinajstić information content (AvgIpc) is 2.46. The molecule has 0 amide bonds. The number of para-hydroxylation sites is 1. The SMILES string of the molecule is Cc1cccc(C#N)c1NCC1CCCCC1C(=O)O. The van der Waals surface area contributed by atoms with Gasteiger partial charge in [-0.15, -0.1) is 0 Å². The summed E-state index contributed by atoms with van der Waals surface area (Å²) in [5, 5.41) is 21.7. The molecule has 1 aromatic carbocycles. The molecule has 1 fully saturated rings. The minimum atomic E-state index is -0.693. The molecule has 1 saturated carbocycles. The van der Waals surface area contributed by atoms with E-state index < -0.39 is 5.97 Å². The van der Waals surface area contributed by atoms with Gasteiger partial charge in [-0.25, -0.2) is 0 Å². The Morgan fingerprint density at radius 3 is 2.90 bits per heavy atom. The first-order chi connectivity index (χ1) is 9.63. The van der Waals surface area contributed by atoms with Crippen LogP contribution in [0.15, 0.2) is 18.2 Å². The van der Waals surface area contributed by atoms with Crippen molar-refractivity contribution < 1.29 is 9.90 Å². The Balaban J connectivity index is 2.08. The van der Waals surface area contributed by atoms with Crippen molar-refractivity contribution in [3.63, 3.8) is 0 Å². The lowest BCUT2D eigenvalue weighted by Gasteiger charge is -2.29. The van der Waals surface area contributed by atoms with Gasteiger partial charge in [0.05, 0.1) is 17.2 Å². The van der Waals surface area contributed by atoms with Crippen LogP contribution in [0.5, 0.6) is 0 Å². The highest BCUT2D eigenvalue weighted by Crippen LogP contribution is 2.31. The zero-order valence-electron chi connectivity index (χ0n) is 11.7.